The number of benzene rings is 3. The molecule has 4 aromatic rings. The van der Waals surface area contributed by atoms with Crippen LogP contribution in [0.4, 0.5) is 10.8 Å². The number of halogens is 3. The van der Waals surface area contributed by atoms with Crippen LogP contribution in [0.5, 0.6) is 0 Å². The van der Waals surface area contributed by atoms with Crippen molar-refractivity contribution in [3.05, 3.63) is 114 Å². The third kappa shape index (κ3) is 5.56. The van der Waals surface area contributed by atoms with Crippen LogP contribution in [0, 0.1) is 10.1 Å². The zero-order valence-electron chi connectivity index (χ0n) is 20.0. The summed E-state index contributed by atoms with van der Waals surface area (Å²) in [7, 11) is 0. The normalized spacial score (nSPS) is 16.5. The minimum absolute atomic E-state index is 0.116. The quantitative estimate of drug-likeness (QED) is 0.0426. The van der Waals surface area contributed by atoms with E-state index in [1.54, 1.807) is 18.2 Å². The molecule has 1 N–H and O–H groups in total. The minimum Gasteiger partial charge on any atom is -0.507 e. The van der Waals surface area contributed by atoms with Gasteiger partial charge in [0.05, 0.1) is 16.5 Å². The van der Waals surface area contributed by atoms with Crippen molar-refractivity contribution in [1.29, 1.82) is 0 Å². The second kappa shape index (κ2) is 11.6. The third-order valence-corrected chi connectivity index (χ3v) is 8.89. The Bertz CT molecular complexity index is 1680. The molecule has 5 rings (SSSR count). The number of hydrogen-bond acceptors (Lipinski definition) is 9. The second-order valence-corrected chi connectivity index (χ2v) is 11.9. The van der Waals surface area contributed by atoms with Crippen LogP contribution in [0.1, 0.15) is 22.7 Å². The lowest BCUT2D eigenvalue weighted by atomic mass is 9.95. The summed E-state index contributed by atoms with van der Waals surface area (Å²) in [5.41, 5.74) is 1.08. The summed E-state index contributed by atoms with van der Waals surface area (Å²) < 4.78 is 0.503. The largest absolute Gasteiger partial charge is 0.507 e. The maximum atomic E-state index is 13.3. The summed E-state index contributed by atoms with van der Waals surface area (Å²) in [4.78, 5) is 38.4. The van der Waals surface area contributed by atoms with Crippen molar-refractivity contribution in [1.82, 2.24) is 10.2 Å². The summed E-state index contributed by atoms with van der Waals surface area (Å²) >= 11 is 20.6. The number of aliphatic hydroxyl groups excluding tert-OH is 1. The number of carbonyl (C=O) groups excluding carboxylic acids is 2. The van der Waals surface area contributed by atoms with Crippen molar-refractivity contribution in [2.24, 2.45) is 0 Å². The molecule has 3 aromatic carbocycles. The van der Waals surface area contributed by atoms with Crippen molar-refractivity contribution in [2.45, 2.75) is 16.1 Å². The van der Waals surface area contributed by atoms with Crippen LogP contribution in [-0.2, 0) is 15.3 Å². The predicted octanol–water partition coefficient (Wildman–Crippen LogP) is 7.33. The molecule has 202 valence electrons. The van der Waals surface area contributed by atoms with Crippen LogP contribution in [0.15, 0.2) is 76.6 Å². The topological polar surface area (TPSA) is 127 Å². The van der Waals surface area contributed by atoms with E-state index in [-0.39, 0.29) is 22.0 Å². The van der Waals surface area contributed by atoms with Crippen molar-refractivity contribution in [2.75, 3.05) is 4.90 Å². The highest BCUT2D eigenvalue weighted by Gasteiger charge is 2.48. The van der Waals surface area contributed by atoms with Gasteiger partial charge in [0.15, 0.2) is 4.34 Å². The summed E-state index contributed by atoms with van der Waals surface area (Å²) in [6.45, 7) is 0. The van der Waals surface area contributed by atoms with Gasteiger partial charge in [0, 0.05) is 38.5 Å². The van der Waals surface area contributed by atoms with Gasteiger partial charge in [-0.3, -0.25) is 24.6 Å². The number of nitro groups is 1. The maximum absolute atomic E-state index is 13.3. The number of aliphatic hydroxyl groups is 1. The van der Waals surface area contributed by atoms with Gasteiger partial charge in [-0.15, -0.1) is 10.2 Å². The van der Waals surface area contributed by atoms with Gasteiger partial charge in [-0.05, 0) is 59.7 Å². The molecule has 14 heteroatoms. The van der Waals surface area contributed by atoms with Gasteiger partial charge in [0.2, 0.25) is 5.13 Å². The highest BCUT2D eigenvalue weighted by molar-refractivity contribution is 8.00. The monoisotopic (exact) mass is 632 g/mol. The molecule has 0 bridgehead atoms. The summed E-state index contributed by atoms with van der Waals surface area (Å²) in [5, 5.41) is 32.2. The number of amides is 1. The molecule has 40 heavy (non-hydrogen) atoms. The number of nitrogens with zero attached hydrogens (tertiary/aromatic N) is 4. The molecule has 9 nitrogen and oxygen atoms in total. The molecule has 1 atom stereocenters. The number of rotatable bonds is 7. The fourth-order valence-corrected chi connectivity index (χ4v) is 6.58. The van der Waals surface area contributed by atoms with Gasteiger partial charge in [0.25, 0.3) is 11.5 Å². The van der Waals surface area contributed by atoms with Crippen LogP contribution in [-0.4, -0.2) is 31.9 Å². The van der Waals surface area contributed by atoms with Crippen LogP contribution in [0.3, 0.4) is 0 Å². The molecule has 1 saturated heterocycles. The van der Waals surface area contributed by atoms with Crippen molar-refractivity contribution >= 4 is 86.2 Å². The van der Waals surface area contributed by atoms with E-state index in [2.05, 4.69) is 10.2 Å². The number of carbonyl (C=O) groups is 2. The number of hydrogen-bond donors (Lipinski definition) is 1. The fourth-order valence-electron chi connectivity index (χ4n) is 4.02. The van der Waals surface area contributed by atoms with E-state index < -0.39 is 28.4 Å². The molecule has 1 unspecified atom stereocenters. The number of non-ortho nitro benzene ring substituents is 1. The molecule has 1 amide bonds. The Balaban J connectivity index is 1.54. The van der Waals surface area contributed by atoms with E-state index >= 15 is 0 Å². The smallest absolute Gasteiger partial charge is 0.301 e. The molecule has 1 aliphatic heterocycles. The van der Waals surface area contributed by atoms with E-state index in [0.29, 0.717) is 30.7 Å². The molecule has 2 heterocycles. The summed E-state index contributed by atoms with van der Waals surface area (Å²) in [6, 6.07) is 15.5. The molecule has 0 aliphatic carbocycles. The molecule has 1 aliphatic rings. The van der Waals surface area contributed by atoms with Gasteiger partial charge < -0.3 is 5.11 Å². The lowest BCUT2D eigenvalue weighted by molar-refractivity contribution is -0.384. The Morgan fingerprint density at radius 2 is 1.68 bits per heavy atom. The average Bonchev–Trinajstić information content (AvgIpc) is 3.50. The zero-order chi connectivity index (χ0) is 28.6. The van der Waals surface area contributed by atoms with Crippen LogP contribution < -0.4 is 4.90 Å². The Morgan fingerprint density at radius 1 is 1.00 bits per heavy atom. The SMILES string of the molecule is O=C1C(=O)N(c2nnc(SCc3ccc(Cl)cc3Cl)s2)C(c2ccc([N+](=O)[O-])cc2)/C1=C(/O)c1ccc(Cl)cc1. The highest BCUT2D eigenvalue weighted by Crippen LogP contribution is 2.44. The first-order valence-corrected chi connectivity index (χ1v) is 14.3. The van der Waals surface area contributed by atoms with E-state index in [9.17, 15) is 24.8 Å². The number of Topliss-reactive ketones (excluding diaryl/α,β-unsaturated/α-hetero) is 1. The molecule has 0 saturated carbocycles. The minimum atomic E-state index is -1.12. The predicted molar refractivity (Wildman–Crippen MR) is 155 cm³/mol. The first-order valence-electron chi connectivity index (χ1n) is 11.4. The standard InChI is InChI=1S/C26H15Cl3N4O5S2/c27-16-6-1-14(2-7-16)22(34)20-21(13-4-9-18(10-5-13)33(37)38)32(24(36)23(20)35)25-30-31-26(40-25)39-12-15-3-8-17(28)11-19(15)29/h1-11,21,34H,12H2/b22-20-. The second-order valence-electron chi connectivity index (χ2n) is 8.40. The van der Waals surface area contributed by atoms with Crippen molar-refractivity contribution in [3.63, 3.8) is 0 Å². The number of aromatic nitrogens is 2. The maximum Gasteiger partial charge on any atom is 0.301 e. The lowest BCUT2D eigenvalue weighted by Crippen LogP contribution is -2.29. The Labute approximate surface area is 250 Å². The van der Waals surface area contributed by atoms with Crippen molar-refractivity contribution in [3.8, 4) is 0 Å². The van der Waals surface area contributed by atoms with Crippen molar-refractivity contribution < 1.29 is 19.6 Å². The number of thioether (sulfide) groups is 1. The summed E-state index contributed by atoms with van der Waals surface area (Å²) in [5.74, 6) is -1.83. The van der Waals surface area contributed by atoms with Crippen LogP contribution in [0.25, 0.3) is 5.76 Å². The highest BCUT2D eigenvalue weighted by atomic mass is 35.5. The van der Waals surface area contributed by atoms with E-state index in [0.717, 1.165) is 21.8 Å². The number of anilines is 1. The molecular formula is C26H15Cl3N4O5S2. The molecular weight excluding hydrogens is 619 g/mol. The molecule has 1 fully saturated rings. The lowest BCUT2D eigenvalue weighted by Gasteiger charge is -2.22. The van der Waals surface area contributed by atoms with E-state index in [1.807, 2.05) is 0 Å². The molecule has 1 aromatic heterocycles. The van der Waals surface area contributed by atoms with E-state index in [1.165, 1.54) is 60.3 Å². The third-order valence-electron chi connectivity index (χ3n) is 5.95. The summed E-state index contributed by atoms with van der Waals surface area (Å²) in [6.07, 6.45) is 0. The van der Waals surface area contributed by atoms with Gasteiger partial charge in [0.1, 0.15) is 5.76 Å². The Morgan fingerprint density at radius 3 is 2.33 bits per heavy atom. The number of ketones is 1. The van der Waals surface area contributed by atoms with Crippen LogP contribution >= 0.6 is 57.9 Å². The molecule has 0 spiro atoms. The first kappa shape index (κ1) is 28.1. The van der Waals surface area contributed by atoms with Gasteiger partial charge in [-0.25, -0.2) is 0 Å². The fraction of sp³-hybridized carbons (Fsp3) is 0.0769. The Kier molecular flexibility index (Phi) is 8.11. The zero-order valence-corrected chi connectivity index (χ0v) is 23.9. The van der Waals surface area contributed by atoms with Crippen LogP contribution in [0.2, 0.25) is 15.1 Å². The average molecular weight is 634 g/mol. The first-order chi connectivity index (χ1) is 19.1. The van der Waals surface area contributed by atoms with Gasteiger partial charge >= 0.3 is 5.91 Å². The Hall–Kier alpha value is -3.48. The van der Waals surface area contributed by atoms with Gasteiger partial charge in [-0.1, -0.05) is 64.0 Å². The van der Waals surface area contributed by atoms with E-state index in [4.69, 9.17) is 34.8 Å². The number of nitro benzene ring substituents is 1. The molecule has 0 radical (unpaired) electrons. The van der Waals surface area contributed by atoms with Gasteiger partial charge in [-0.2, -0.15) is 0 Å².